The molecule has 0 bridgehead atoms. The highest BCUT2D eigenvalue weighted by molar-refractivity contribution is 7.80. The number of hydrogen-bond acceptors (Lipinski definition) is 1. The van der Waals surface area contributed by atoms with Gasteiger partial charge >= 0.3 is 0 Å². The van der Waals surface area contributed by atoms with Gasteiger partial charge in [-0.3, -0.25) is 0 Å². The lowest BCUT2D eigenvalue weighted by Crippen LogP contribution is -2.42. The lowest BCUT2D eigenvalue weighted by molar-refractivity contribution is 0.400. The van der Waals surface area contributed by atoms with Gasteiger partial charge in [-0.15, -0.1) is 0 Å². The van der Waals surface area contributed by atoms with Crippen LogP contribution in [0.15, 0.2) is 0 Å². The lowest BCUT2D eigenvalue weighted by Gasteiger charge is -2.20. The molecule has 2 nitrogen and oxygen atoms in total. The second-order valence-corrected chi connectivity index (χ2v) is 6.58. The van der Waals surface area contributed by atoms with E-state index in [2.05, 4.69) is 10.6 Å². The van der Waals surface area contributed by atoms with E-state index in [4.69, 9.17) is 12.2 Å². The molecule has 3 rings (SSSR count). The quantitative estimate of drug-likeness (QED) is 0.736. The van der Waals surface area contributed by atoms with E-state index in [0.29, 0.717) is 6.04 Å². The van der Waals surface area contributed by atoms with Crippen LogP contribution in [0, 0.1) is 17.8 Å². The summed E-state index contributed by atoms with van der Waals surface area (Å²) < 4.78 is 0. The van der Waals surface area contributed by atoms with Gasteiger partial charge in [-0.2, -0.15) is 0 Å². The van der Waals surface area contributed by atoms with Crippen molar-refractivity contribution in [3.8, 4) is 0 Å². The van der Waals surface area contributed by atoms with Crippen LogP contribution in [0.3, 0.4) is 0 Å². The minimum absolute atomic E-state index is 0.648. The highest BCUT2D eigenvalue weighted by Crippen LogP contribution is 2.48. The standard InChI is InChI=1S/C14H24N2S/c17-14(16-12-3-1-2-4-12)15-9-13(10-5-6-10)11-7-8-11/h10-13H,1-9H2,(H2,15,16,17). The molecule has 3 saturated carbocycles. The minimum Gasteiger partial charge on any atom is -0.362 e. The number of hydrogen-bond donors (Lipinski definition) is 2. The molecule has 0 heterocycles. The molecule has 0 aromatic carbocycles. The van der Waals surface area contributed by atoms with Crippen molar-refractivity contribution in [2.24, 2.45) is 17.8 Å². The van der Waals surface area contributed by atoms with Gasteiger partial charge in [-0.25, -0.2) is 0 Å². The summed E-state index contributed by atoms with van der Waals surface area (Å²) in [7, 11) is 0. The molecule has 0 aromatic heterocycles. The largest absolute Gasteiger partial charge is 0.362 e. The van der Waals surface area contributed by atoms with E-state index in [0.717, 1.165) is 29.4 Å². The summed E-state index contributed by atoms with van der Waals surface area (Å²) in [5.74, 6) is 2.95. The molecule has 0 amide bonds. The second kappa shape index (κ2) is 5.13. The van der Waals surface area contributed by atoms with Crippen LogP contribution in [0.1, 0.15) is 51.4 Å². The van der Waals surface area contributed by atoms with Gasteiger partial charge in [0.1, 0.15) is 0 Å². The molecule has 3 aliphatic carbocycles. The van der Waals surface area contributed by atoms with E-state index in [9.17, 15) is 0 Å². The van der Waals surface area contributed by atoms with Gasteiger partial charge in [0, 0.05) is 12.6 Å². The Hall–Kier alpha value is -0.310. The van der Waals surface area contributed by atoms with Crippen molar-refractivity contribution in [3.05, 3.63) is 0 Å². The first-order valence-corrected chi connectivity index (χ1v) is 7.78. The Balaban J connectivity index is 1.38. The molecule has 3 fully saturated rings. The Bertz CT molecular complexity index is 266. The number of rotatable bonds is 5. The fourth-order valence-electron chi connectivity index (χ4n) is 3.28. The third-order valence-corrected chi connectivity index (χ3v) is 4.91. The molecule has 0 radical (unpaired) electrons. The number of thiocarbonyl (C=S) groups is 1. The van der Waals surface area contributed by atoms with Crippen molar-refractivity contribution in [3.63, 3.8) is 0 Å². The first-order valence-electron chi connectivity index (χ1n) is 7.37. The molecule has 17 heavy (non-hydrogen) atoms. The average molecular weight is 252 g/mol. The first-order chi connectivity index (χ1) is 8.33. The molecule has 0 unspecified atom stereocenters. The third-order valence-electron chi connectivity index (χ3n) is 4.64. The van der Waals surface area contributed by atoms with Crippen LogP contribution >= 0.6 is 12.2 Å². The smallest absolute Gasteiger partial charge is 0.166 e. The van der Waals surface area contributed by atoms with E-state index in [1.165, 1.54) is 51.4 Å². The monoisotopic (exact) mass is 252 g/mol. The van der Waals surface area contributed by atoms with Crippen molar-refractivity contribution in [2.45, 2.75) is 57.4 Å². The molecule has 0 aromatic rings. The Kier molecular flexibility index (Phi) is 3.55. The van der Waals surface area contributed by atoms with Gasteiger partial charge in [0.15, 0.2) is 5.11 Å². The fourth-order valence-corrected chi connectivity index (χ4v) is 3.53. The van der Waals surface area contributed by atoms with Gasteiger partial charge in [-0.1, -0.05) is 12.8 Å². The predicted molar refractivity (Wildman–Crippen MR) is 74.9 cm³/mol. The van der Waals surface area contributed by atoms with Crippen LogP contribution in [0.25, 0.3) is 0 Å². The Morgan fingerprint density at radius 3 is 2.12 bits per heavy atom. The van der Waals surface area contributed by atoms with Gasteiger partial charge in [0.25, 0.3) is 0 Å². The van der Waals surface area contributed by atoms with Crippen LogP contribution in [0.4, 0.5) is 0 Å². The van der Waals surface area contributed by atoms with Crippen molar-refractivity contribution < 1.29 is 0 Å². The Morgan fingerprint density at radius 1 is 1.00 bits per heavy atom. The van der Waals surface area contributed by atoms with Crippen molar-refractivity contribution in [2.75, 3.05) is 6.54 Å². The fraction of sp³-hybridized carbons (Fsp3) is 0.929. The van der Waals surface area contributed by atoms with Crippen LogP contribution in [0.2, 0.25) is 0 Å². The molecular weight excluding hydrogens is 228 g/mol. The summed E-state index contributed by atoms with van der Waals surface area (Å²) in [5.41, 5.74) is 0. The zero-order chi connectivity index (χ0) is 11.7. The molecule has 0 saturated heterocycles. The maximum atomic E-state index is 5.40. The first kappa shape index (κ1) is 11.8. The predicted octanol–water partition coefficient (Wildman–Crippen LogP) is 2.83. The average Bonchev–Trinajstić information content (AvgIpc) is 3.22. The second-order valence-electron chi connectivity index (χ2n) is 6.17. The summed E-state index contributed by atoms with van der Waals surface area (Å²) in [6.07, 6.45) is 11.2. The van der Waals surface area contributed by atoms with E-state index in [1.807, 2.05) is 0 Å². The lowest BCUT2D eigenvalue weighted by atomic mass is 9.98. The van der Waals surface area contributed by atoms with Crippen LogP contribution in [0.5, 0.6) is 0 Å². The van der Waals surface area contributed by atoms with Crippen molar-refractivity contribution in [1.82, 2.24) is 10.6 Å². The van der Waals surface area contributed by atoms with E-state index in [1.54, 1.807) is 0 Å². The summed E-state index contributed by atoms with van der Waals surface area (Å²) in [6, 6.07) is 0.648. The maximum Gasteiger partial charge on any atom is 0.166 e. The summed E-state index contributed by atoms with van der Waals surface area (Å²) in [6.45, 7) is 1.12. The van der Waals surface area contributed by atoms with Crippen molar-refractivity contribution >= 4 is 17.3 Å². The van der Waals surface area contributed by atoms with Crippen LogP contribution in [-0.4, -0.2) is 17.7 Å². The Labute approximate surface area is 110 Å². The van der Waals surface area contributed by atoms with E-state index in [-0.39, 0.29) is 0 Å². The van der Waals surface area contributed by atoms with E-state index >= 15 is 0 Å². The van der Waals surface area contributed by atoms with Gasteiger partial charge in [0.05, 0.1) is 0 Å². The zero-order valence-corrected chi connectivity index (χ0v) is 11.4. The summed E-state index contributed by atoms with van der Waals surface area (Å²) >= 11 is 5.40. The molecule has 0 aliphatic heterocycles. The molecule has 3 heteroatoms. The van der Waals surface area contributed by atoms with E-state index < -0.39 is 0 Å². The normalized spacial score (nSPS) is 25.2. The number of nitrogens with one attached hydrogen (secondary N) is 2. The third kappa shape index (κ3) is 3.34. The minimum atomic E-state index is 0.648. The zero-order valence-electron chi connectivity index (χ0n) is 10.6. The van der Waals surface area contributed by atoms with Gasteiger partial charge in [0.2, 0.25) is 0 Å². The van der Waals surface area contributed by atoms with Gasteiger partial charge in [-0.05, 0) is 68.5 Å². The summed E-state index contributed by atoms with van der Waals surface area (Å²) in [4.78, 5) is 0. The van der Waals surface area contributed by atoms with Gasteiger partial charge < -0.3 is 10.6 Å². The molecule has 2 N–H and O–H groups in total. The Morgan fingerprint density at radius 2 is 1.59 bits per heavy atom. The maximum absolute atomic E-state index is 5.40. The molecule has 96 valence electrons. The SMILES string of the molecule is S=C(NCC(C1CC1)C1CC1)NC1CCCC1. The van der Waals surface area contributed by atoms with Crippen molar-refractivity contribution in [1.29, 1.82) is 0 Å². The summed E-state index contributed by atoms with van der Waals surface area (Å²) in [5, 5.41) is 7.85. The van der Waals surface area contributed by atoms with Crippen LogP contribution < -0.4 is 10.6 Å². The molecule has 0 atom stereocenters. The highest BCUT2D eigenvalue weighted by Gasteiger charge is 2.41. The van der Waals surface area contributed by atoms with Crippen LogP contribution in [-0.2, 0) is 0 Å². The topological polar surface area (TPSA) is 24.1 Å². The molecular formula is C14H24N2S. The molecule has 0 spiro atoms. The molecule has 3 aliphatic rings. The highest BCUT2D eigenvalue weighted by atomic mass is 32.1.